The molecule has 0 spiro atoms. The van der Waals surface area contributed by atoms with E-state index in [1.165, 1.54) is 6.07 Å². The number of rotatable bonds is 3. The van der Waals surface area contributed by atoms with Gasteiger partial charge in [0.05, 0.1) is 17.6 Å². The summed E-state index contributed by atoms with van der Waals surface area (Å²) in [6, 6.07) is 7.44. The first-order chi connectivity index (χ1) is 18.5. The largest absolute Gasteiger partial charge is 0.507 e. The highest BCUT2D eigenvalue weighted by Gasteiger charge is 2.69. The zero-order chi connectivity index (χ0) is 28.0. The van der Waals surface area contributed by atoms with E-state index in [0.29, 0.717) is 22.6 Å². The predicted octanol–water partition coefficient (Wildman–Crippen LogP) is 0.0545. The number of aliphatic hydroxyl groups is 2. The summed E-state index contributed by atoms with van der Waals surface area (Å²) in [5.74, 6) is -8.18. The molecule has 0 aromatic heterocycles. The van der Waals surface area contributed by atoms with Crippen LogP contribution in [-0.4, -0.2) is 82.1 Å². The monoisotopic (exact) mass is 536 g/mol. The molecule has 5 N–H and O–H groups in total. The lowest BCUT2D eigenvalue weighted by atomic mass is 9.52. The second kappa shape index (κ2) is 8.60. The van der Waals surface area contributed by atoms with Crippen molar-refractivity contribution >= 4 is 23.3 Å². The molecule has 204 valence electrons. The summed E-state index contributed by atoms with van der Waals surface area (Å²) in [7, 11) is 3.21. The number of fused-ring (bicyclic) bond motifs is 4. The normalized spacial score (nSPS) is 33.0. The van der Waals surface area contributed by atoms with Crippen molar-refractivity contribution in [3.8, 4) is 28.4 Å². The Hall–Kier alpha value is -3.80. The Morgan fingerprint density at radius 1 is 1.08 bits per heavy atom. The molecule has 0 saturated heterocycles. The van der Waals surface area contributed by atoms with E-state index in [1.54, 1.807) is 37.2 Å². The number of likely N-dealkylation sites (N-methyl/N-ethyl adjacent to an activating group) is 1. The second-order valence-corrected chi connectivity index (χ2v) is 11.0. The summed E-state index contributed by atoms with van der Waals surface area (Å²) < 4.78 is 10.9. The number of ether oxygens (including phenoxy) is 2. The fraction of sp³-hybridized carbons (Fsp3) is 0.429. The number of Topliss-reactive ketones (excluding diaryl/α,β-unsaturated/α-hetero) is 3. The number of carbonyl (C=O) groups is 4. The molecule has 2 aromatic carbocycles. The Balaban J connectivity index is 1.47. The third kappa shape index (κ3) is 3.39. The Morgan fingerprint density at radius 2 is 1.79 bits per heavy atom. The van der Waals surface area contributed by atoms with Gasteiger partial charge in [-0.15, -0.1) is 0 Å². The Bertz CT molecular complexity index is 1450. The maximum atomic E-state index is 13.9. The van der Waals surface area contributed by atoms with Crippen LogP contribution in [0.5, 0.6) is 17.2 Å². The minimum absolute atomic E-state index is 0.0410. The van der Waals surface area contributed by atoms with Gasteiger partial charge in [-0.2, -0.15) is 0 Å². The predicted molar refractivity (Wildman–Crippen MR) is 134 cm³/mol. The SMILES string of the molecule is CN(C)[C@H]1C(O)C(C(N)=O)C(=O)[C@]2(O)C(=O)C3C(=O)c4c(O)ccc(-c5ccc6c(c5)OCO6)c4C[C@@H]3C[C@H]12. The number of hydrogen-bond acceptors (Lipinski definition) is 10. The molecule has 2 aromatic rings. The van der Waals surface area contributed by atoms with Crippen molar-refractivity contribution in [1.82, 2.24) is 4.90 Å². The topological polar surface area (TPSA) is 177 Å². The zero-order valence-electron chi connectivity index (χ0n) is 21.3. The van der Waals surface area contributed by atoms with E-state index in [1.807, 2.05) is 6.07 Å². The third-order valence-electron chi connectivity index (χ3n) is 8.86. The summed E-state index contributed by atoms with van der Waals surface area (Å²) in [6.07, 6.45) is -1.29. The highest BCUT2D eigenvalue weighted by molar-refractivity contribution is 6.25. The lowest BCUT2D eigenvalue weighted by molar-refractivity contribution is -0.190. The van der Waals surface area contributed by atoms with Crippen molar-refractivity contribution in [3.63, 3.8) is 0 Å². The molecule has 3 unspecified atom stereocenters. The first-order valence-electron chi connectivity index (χ1n) is 12.7. The fourth-order valence-electron chi connectivity index (χ4n) is 7.16. The van der Waals surface area contributed by atoms with Crippen LogP contribution in [0, 0.1) is 23.7 Å². The van der Waals surface area contributed by atoms with Crippen molar-refractivity contribution in [2.75, 3.05) is 20.9 Å². The van der Waals surface area contributed by atoms with Gasteiger partial charge in [0, 0.05) is 12.0 Å². The second-order valence-electron chi connectivity index (χ2n) is 11.0. The van der Waals surface area contributed by atoms with Gasteiger partial charge < -0.3 is 35.4 Å². The lowest BCUT2D eigenvalue weighted by Crippen LogP contribution is -2.75. The number of amides is 1. The van der Waals surface area contributed by atoms with E-state index < -0.39 is 64.7 Å². The molecule has 2 fully saturated rings. The van der Waals surface area contributed by atoms with Gasteiger partial charge in [-0.05, 0) is 67.7 Å². The van der Waals surface area contributed by atoms with Gasteiger partial charge >= 0.3 is 0 Å². The molecule has 4 aliphatic rings. The third-order valence-corrected chi connectivity index (χ3v) is 8.86. The number of ketones is 3. The van der Waals surface area contributed by atoms with Gasteiger partial charge in [-0.1, -0.05) is 12.1 Å². The average molecular weight is 537 g/mol. The summed E-state index contributed by atoms with van der Waals surface area (Å²) in [4.78, 5) is 54.9. The number of phenolic OH excluding ortho intramolecular Hbond substituents is 1. The molecule has 1 heterocycles. The van der Waals surface area contributed by atoms with Crippen molar-refractivity contribution in [1.29, 1.82) is 0 Å². The van der Waals surface area contributed by atoms with Crippen molar-refractivity contribution in [2.45, 2.75) is 30.6 Å². The van der Waals surface area contributed by atoms with E-state index in [9.17, 15) is 34.5 Å². The maximum Gasteiger partial charge on any atom is 0.231 e. The smallest absolute Gasteiger partial charge is 0.231 e. The van der Waals surface area contributed by atoms with Crippen LogP contribution in [0.2, 0.25) is 0 Å². The van der Waals surface area contributed by atoms with Crippen LogP contribution >= 0.6 is 0 Å². The molecule has 1 aliphatic heterocycles. The zero-order valence-corrected chi connectivity index (χ0v) is 21.3. The Morgan fingerprint density at radius 3 is 2.49 bits per heavy atom. The van der Waals surface area contributed by atoms with Crippen LogP contribution < -0.4 is 15.2 Å². The van der Waals surface area contributed by atoms with E-state index in [0.717, 1.165) is 5.56 Å². The quantitative estimate of drug-likeness (QED) is 0.392. The molecular weight excluding hydrogens is 508 g/mol. The summed E-state index contributed by atoms with van der Waals surface area (Å²) in [6.45, 7) is 0.0926. The number of aromatic hydroxyl groups is 1. The van der Waals surface area contributed by atoms with Gasteiger partial charge in [0.1, 0.15) is 11.7 Å². The van der Waals surface area contributed by atoms with Crippen LogP contribution in [0.15, 0.2) is 30.3 Å². The number of carbonyl (C=O) groups excluding carboxylic acids is 4. The first kappa shape index (κ1) is 25.5. The van der Waals surface area contributed by atoms with E-state index in [-0.39, 0.29) is 30.9 Å². The van der Waals surface area contributed by atoms with Crippen LogP contribution in [-0.2, 0) is 20.8 Å². The van der Waals surface area contributed by atoms with E-state index in [4.69, 9.17) is 15.2 Å². The lowest BCUT2D eigenvalue weighted by Gasteiger charge is -2.54. The van der Waals surface area contributed by atoms with E-state index in [2.05, 4.69) is 0 Å². The van der Waals surface area contributed by atoms with Crippen molar-refractivity contribution in [3.05, 3.63) is 41.5 Å². The highest BCUT2D eigenvalue weighted by atomic mass is 16.7. The van der Waals surface area contributed by atoms with Crippen molar-refractivity contribution in [2.24, 2.45) is 29.4 Å². The molecule has 0 radical (unpaired) electrons. The van der Waals surface area contributed by atoms with Crippen LogP contribution in [0.3, 0.4) is 0 Å². The molecule has 39 heavy (non-hydrogen) atoms. The molecule has 11 heteroatoms. The average Bonchev–Trinajstić information content (AvgIpc) is 3.34. The van der Waals surface area contributed by atoms with Crippen LogP contribution in [0.4, 0.5) is 0 Å². The minimum atomic E-state index is -2.69. The number of hydrogen-bond donors (Lipinski definition) is 4. The molecule has 2 saturated carbocycles. The fourth-order valence-corrected chi connectivity index (χ4v) is 7.16. The molecule has 7 atom stereocenters. The van der Waals surface area contributed by atoms with Gasteiger partial charge in [-0.25, -0.2) is 0 Å². The van der Waals surface area contributed by atoms with Crippen LogP contribution in [0.1, 0.15) is 22.3 Å². The molecule has 11 nitrogen and oxygen atoms in total. The van der Waals surface area contributed by atoms with Gasteiger partial charge in [0.2, 0.25) is 12.7 Å². The van der Waals surface area contributed by atoms with E-state index >= 15 is 0 Å². The number of phenols is 1. The Labute approximate surface area is 223 Å². The highest BCUT2D eigenvalue weighted by Crippen LogP contribution is 2.52. The molecule has 6 rings (SSSR count). The summed E-state index contributed by atoms with van der Waals surface area (Å²) in [5.41, 5.74) is 4.60. The number of primary amides is 1. The number of benzene rings is 2. The molecular formula is C28H28N2O9. The molecule has 0 bridgehead atoms. The van der Waals surface area contributed by atoms with Gasteiger partial charge in [-0.3, -0.25) is 19.2 Å². The van der Waals surface area contributed by atoms with Gasteiger partial charge in [0.25, 0.3) is 0 Å². The number of nitrogens with two attached hydrogens (primary N) is 1. The maximum absolute atomic E-state index is 13.9. The van der Waals surface area contributed by atoms with Gasteiger partial charge in [0.15, 0.2) is 34.4 Å². The van der Waals surface area contributed by atoms with Crippen LogP contribution in [0.25, 0.3) is 11.1 Å². The summed E-state index contributed by atoms with van der Waals surface area (Å²) >= 11 is 0. The van der Waals surface area contributed by atoms with Crippen molar-refractivity contribution < 1.29 is 44.0 Å². The minimum Gasteiger partial charge on any atom is -0.507 e. The standard InChI is InChI=1S/C28H28N2O9/c1-30(2)22-15-8-12-7-14-13(11-3-6-17-18(9-11)39-10-38-17)4-5-16(31)20(14)23(32)19(12)25(34)28(15,37)26(35)21(24(22)33)27(29)36/h3-6,9,12,15,19,21-22,24,31,33,37H,7-8,10H2,1-2H3,(H2,29,36)/t12-,15-,19?,21?,22-,24?,28-/m1/s1. The molecule has 1 amide bonds. The molecule has 3 aliphatic carbocycles. The number of nitrogens with zero attached hydrogens (tertiary/aromatic N) is 1. The Kier molecular flexibility index (Phi) is 5.62. The first-order valence-corrected chi connectivity index (χ1v) is 12.7. The summed E-state index contributed by atoms with van der Waals surface area (Å²) in [5, 5.41) is 33.4. The number of aliphatic hydroxyl groups excluding tert-OH is 1.